The number of ether oxygens (including phenoxy) is 3. The van der Waals surface area contributed by atoms with E-state index in [0.717, 1.165) is 11.1 Å². The third kappa shape index (κ3) is 4.99. The Balaban J connectivity index is 1.42. The minimum Gasteiger partial charge on any atom is -0.481 e. The van der Waals surface area contributed by atoms with Gasteiger partial charge in [0, 0.05) is 5.56 Å². The molecule has 34 heavy (non-hydrogen) atoms. The minimum absolute atomic E-state index is 0.172. The summed E-state index contributed by atoms with van der Waals surface area (Å²) in [4.78, 5) is 34.1. The molecule has 0 radical (unpaired) electrons. The van der Waals surface area contributed by atoms with Crippen molar-refractivity contribution in [3.63, 3.8) is 0 Å². The summed E-state index contributed by atoms with van der Waals surface area (Å²) in [7, 11) is 0. The normalized spacial score (nSPS) is 10.8. The van der Waals surface area contributed by atoms with Crippen LogP contribution in [0.2, 0.25) is 0 Å². The molecule has 4 aromatic rings. The van der Waals surface area contributed by atoms with Gasteiger partial charge < -0.3 is 19.9 Å². The van der Waals surface area contributed by atoms with Crippen molar-refractivity contribution in [3.8, 4) is 16.9 Å². The van der Waals surface area contributed by atoms with Crippen LogP contribution in [0.4, 0.5) is 5.82 Å². The predicted molar refractivity (Wildman–Crippen MR) is 130 cm³/mol. The lowest BCUT2D eigenvalue weighted by Gasteiger charge is -2.11. The SMILES string of the molecule is CCOC(=O)c1sc2nc(COC(=O)COc3ccccc3-c3ccccc3)nc(N)c2c1C. The van der Waals surface area contributed by atoms with Crippen molar-refractivity contribution in [3.05, 3.63) is 70.9 Å². The van der Waals surface area contributed by atoms with Crippen molar-refractivity contribution in [1.82, 2.24) is 9.97 Å². The van der Waals surface area contributed by atoms with E-state index in [1.165, 1.54) is 11.3 Å². The maximum atomic E-state index is 12.3. The summed E-state index contributed by atoms with van der Waals surface area (Å²) in [6.07, 6.45) is 0. The smallest absolute Gasteiger partial charge is 0.348 e. The molecule has 2 aromatic carbocycles. The molecule has 2 heterocycles. The quantitative estimate of drug-likeness (QED) is 0.368. The monoisotopic (exact) mass is 477 g/mol. The highest BCUT2D eigenvalue weighted by atomic mass is 32.1. The van der Waals surface area contributed by atoms with Crippen LogP contribution in [-0.2, 0) is 20.9 Å². The summed E-state index contributed by atoms with van der Waals surface area (Å²) in [5, 5.41) is 0.601. The predicted octanol–water partition coefficient (Wildman–Crippen LogP) is 4.55. The van der Waals surface area contributed by atoms with Gasteiger partial charge in [0.25, 0.3) is 0 Å². The zero-order valence-electron chi connectivity index (χ0n) is 18.7. The number of aromatic nitrogens is 2. The number of para-hydroxylation sites is 1. The number of anilines is 1. The summed E-state index contributed by atoms with van der Waals surface area (Å²) < 4.78 is 16.1. The van der Waals surface area contributed by atoms with Crippen molar-refractivity contribution < 1.29 is 23.8 Å². The van der Waals surface area contributed by atoms with Gasteiger partial charge in [0.05, 0.1) is 12.0 Å². The van der Waals surface area contributed by atoms with Crippen LogP contribution in [-0.4, -0.2) is 35.1 Å². The Morgan fingerprint density at radius 1 is 1.00 bits per heavy atom. The molecular formula is C25H23N3O5S. The number of benzene rings is 2. The van der Waals surface area contributed by atoms with E-state index in [1.54, 1.807) is 19.9 Å². The molecule has 0 spiro atoms. The highest BCUT2D eigenvalue weighted by Gasteiger charge is 2.21. The van der Waals surface area contributed by atoms with E-state index in [2.05, 4.69) is 9.97 Å². The van der Waals surface area contributed by atoms with Crippen LogP contribution in [0.5, 0.6) is 5.75 Å². The Kier molecular flexibility index (Phi) is 7.03. The molecule has 4 rings (SSSR count). The number of fused-ring (bicyclic) bond motifs is 1. The van der Waals surface area contributed by atoms with Crippen molar-refractivity contribution >= 4 is 39.3 Å². The fourth-order valence-electron chi connectivity index (χ4n) is 3.44. The van der Waals surface area contributed by atoms with Crippen LogP contribution in [0.3, 0.4) is 0 Å². The molecule has 2 N–H and O–H groups in total. The van der Waals surface area contributed by atoms with Crippen LogP contribution in [0.15, 0.2) is 54.6 Å². The Morgan fingerprint density at radius 2 is 1.74 bits per heavy atom. The van der Waals surface area contributed by atoms with E-state index >= 15 is 0 Å². The Morgan fingerprint density at radius 3 is 2.50 bits per heavy atom. The van der Waals surface area contributed by atoms with Gasteiger partial charge in [-0.2, -0.15) is 0 Å². The Hall–Kier alpha value is -3.98. The number of nitrogens with zero attached hydrogens (tertiary/aromatic N) is 2. The molecule has 174 valence electrons. The number of nitrogen functional groups attached to an aromatic ring is 1. The van der Waals surface area contributed by atoms with E-state index in [0.29, 0.717) is 26.4 Å². The Bertz CT molecular complexity index is 1340. The summed E-state index contributed by atoms with van der Waals surface area (Å²) in [6, 6.07) is 17.2. The van der Waals surface area contributed by atoms with Gasteiger partial charge in [-0.3, -0.25) is 0 Å². The first-order valence-corrected chi connectivity index (χ1v) is 11.4. The molecule has 2 aromatic heterocycles. The topological polar surface area (TPSA) is 114 Å². The molecular weight excluding hydrogens is 454 g/mol. The zero-order valence-corrected chi connectivity index (χ0v) is 19.6. The first-order valence-electron chi connectivity index (χ1n) is 10.6. The van der Waals surface area contributed by atoms with Crippen molar-refractivity contribution in [2.24, 2.45) is 0 Å². The average molecular weight is 478 g/mol. The number of hydrogen-bond acceptors (Lipinski definition) is 9. The number of thiophene rings is 1. The number of esters is 2. The standard InChI is InChI=1S/C25H23N3O5S/c1-3-31-25(30)22-15(2)21-23(26)27-19(28-24(21)34-22)13-33-20(29)14-32-18-12-8-7-11-17(18)16-9-5-4-6-10-16/h4-12H,3,13-14H2,1-2H3,(H2,26,27,28). The van der Waals surface area contributed by atoms with Gasteiger partial charge in [0.1, 0.15) is 21.3 Å². The van der Waals surface area contributed by atoms with Gasteiger partial charge in [0.15, 0.2) is 19.0 Å². The molecule has 0 aliphatic carbocycles. The molecule has 0 saturated carbocycles. The van der Waals surface area contributed by atoms with E-state index in [9.17, 15) is 9.59 Å². The summed E-state index contributed by atoms with van der Waals surface area (Å²) in [5.74, 6) is 0.0317. The lowest BCUT2D eigenvalue weighted by molar-refractivity contribution is -0.147. The van der Waals surface area contributed by atoms with Crippen LogP contribution in [0.25, 0.3) is 21.3 Å². The third-order valence-electron chi connectivity index (χ3n) is 5.00. The molecule has 0 unspecified atom stereocenters. The second kappa shape index (κ2) is 10.3. The maximum Gasteiger partial charge on any atom is 0.348 e. The molecule has 0 fully saturated rings. The second-order valence-corrected chi connectivity index (χ2v) is 8.29. The van der Waals surface area contributed by atoms with E-state index in [-0.39, 0.29) is 31.5 Å². The molecule has 0 aliphatic heterocycles. The van der Waals surface area contributed by atoms with E-state index in [1.807, 2.05) is 48.5 Å². The van der Waals surface area contributed by atoms with Crippen LogP contribution < -0.4 is 10.5 Å². The summed E-state index contributed by atoms with van der Waals surface area (Å²) in [5.41, 5.74) is 8.63. The maximum absolute atomic E-state index is 12.3. The van der Waals surface area contributed by atoms with Gasteiger partial charge in [-0.05, 0) is 31.0 Å². The highest BCUT2D eigenvalue weighted by Crippen LogP contribution is 2.33. The largest absolute Gasteiger partial charge is 0.481 e. The zero-order chi connectivity index (χ0) is 24.1. The first-order chi connectivity index (χ1) is 16.5. The van der Waals surface area contributed by atoms with Crippen LogP contribution in [0, 0.1) is 6.92 Å². The van der Waals surface area contributed by atoms with E-state index < -0.39 is 11.9 Å². The molecule has 0 aliphatic rings. The van der Waals surface area contributed by atoms with Gasteiger partial charge >= 0.3 is 11.9 Å². The van der Waals surface area contributed by atoms with Gasteiger partial charge in [-0.15, -0.1) is 11.3 Å². The molecule has 0 amide bonds. The summed E-state index contributed by atoms with van der Waals surface area (Å²) >= 11 is 1.17. The molecule has 8 nitrogen and oxygen atoms in total. The molecule has 0 bridgehead atoms. The number of carbonyl (C=O) groups excluding carboxylic acids is 2. The van der Waals surface area contributed by atoms with Gasteiger partial charge in [0.2, 0.25) is 0 Å². The highest BCUT2D eigenvalue weighted by molar-refractivity contribution is 7.20. The second-order valence-electron chi connectivity index (χ2n) is 7.29. The molecule has 9 heteroatoms. The van der Waals surface area contributed by atoms with Gasteiger partial charge in [-0.1, -0.05) is 48.5 Å². The minimum atomic E-state index is -0.570. The van der Waals surface area contributed by atoms with Crippen molar-refractivity contribution in [1.29, 1.82) is 0 Å². The first kappa shape index (κ1) is 23.2. The van der Waals surface area contributed by atoms with Gasteiger partial charge in [-0.25, -0.2) is 19.6 Å². The van der Waals surface area contributed by atoms with Crippen LogP contribution >= 0.6 is 11.3 Å². The number of hydrogen-bond donors (Lipinski definition) is 1. The third-order valence-corrected chi connectivity index (χ3v) is 6.17. The number of aryl methyl sites for hydroxylation is 1. The fourth-order valence-corrected chi connectivity index (χ4v) is 4.55. The average Bonchev–Trinajstić information content (AvgIpc) is 3.19. The lowest BCUT2D eigenvalue weighted by atomic mass is 10.1. The fraction of sp³-hybridized carbons (Fsp3) is 0.200. The van der Waals surface area contributed by atoms with Crippen molar-refractivity contribution in [2.75, 3.05) is 18.9 Å². The molecule has 0 atom stereocenters. The lowest BCUT2D eigenvalue weighted by Crippen LogP contribution is -2.16. The van der Waals surface area contributed by atoms with E-state index in [4.69, 9.17) is 19.9 Å². The van der Waals surface area contributed by atoms with Crippen LogP contribution in [0.1, 0.15) is 28.0 Å². The number of rotatable bonds is 8. The Labute approximate surface area is 200 Å². The number of nitrogens with two attached hydrogens (primary N) is 1. The molecule has 0 saturated heterocycles. The number of carbonyl (C=O) groups is 2. The van der Waals surface area contributed by atoms with Crippen molar-refractivity contribution in [2.45, 2.75) is 20.5 Å². The summed E-state index contributed by atoms with van der Waals surface area (Å²) in [6.45, 7) is 3.34.